The zero-order valence-electron chi connectivity index (χ0n) is 12.9. The average Bonchev–Trinajstić information content (AvgIpc) is 2.35. The fourth-order valence-corrected chi connectivity index (χ4v) is 4.16. The van der Waals surface area contributed by atoms with E-state index in [1.54, 1.807) is 0 Å². The highest BCUT2D eigenvalue weighted by Crippen LogP contribution is 2.49. The van der Waals surface area contributed by atoms with Crippen LogP contribution in [0.25, 0.3) is 0 Å². The maximum Gasteiger partial charge on any atom is 0.135 e. The van der Waals surface area contributed by atoms with Crippen molar-refractivity contribution in [2.75, 3.05) is 0 Å². The third kappa shape index (κ3) is 2.93. The van der Waals surface area contributed by atoms with Crippen LogP contribution in [0.1, 0.15) is 66.2 Å². The Morgan fingerprint density at radius 3 is 1.53 bits per heavy atom. The SMILES string of the molecule is CC1CC(C(C)(C)C2CCC(=O)C(C)C2)CCC1=O. The van der Waals surface area contributed by atoms with Gasteiger partial charge in [-0.3, -0.25) is 9.59 Å². The molecule has 0 aromatic rings. The Hall–Kier alpha value is -0.660. The molecular formula is C17H28O2. The Bertz CT molecular complexity index is 335. The quantitative estimate of drug-likeness (QED) is 0.754. The van der Waals surface area contributed by atoms with Gasteiger partial charge in [-0.15, -0.1) is 0 Å². The molecule has 4 atom stereocenters. The maximum atomic E-state index is 11.7. The van der Waals surface area contributed by atoms with E-state index in [0.29, 0.717) is 23.4 Å². The molecular weight excluding hydrogens is 236 g/mol. The minimum Gasteiger partial charge on any atom is -0.299 e. The third-order valence-corrected chi connectivity index (χ3v) is 5.96. The number of carbonyl (C=O) groups is 2. The van der Waals surface area contributed by atoms with Gasteiger partial charge >= 0.3 is 0 Å². The smallest absolute Gasteiger partial charge is 0.135 e. The van der Waals surface area contributed by atoms with Gasteiger partial charge in [0.25, 0.3) is 0 Å². The molecule has 0 heterocycles. The summed E-state index contributed by atoms with van der Waals surface area (Å²) in [5.74, 6) is 2.65. The second-order valence-electron chi connectivity index (χ2n) is 7.50. The van der Waals surface area contributed by atoms with Gasteiger partial charge in [0.15, 0.2) is 0 Å². The minimum absolute atomic E-state index is 0.237. The van der Waals surface area contributed by atoms with Gasteiger partial charge in [-0.05, 0) is 42.9 Å². The molecule has 0 N–H and O–H groups in total. The molecule has 2 aliphatic carbocycles. The highest BCUT2D eigenvalue weighted by molar-refractivity contribution is 5.82. The molecule has 108 valence electrons. The molecule has 19 heavy (non-hydrogen) atoms. The first-order valence-electron chi connectivity index (χ1n) is 7.87. The van der Waals surface area contributed by atoms with Crippen molar-refractivity contribution in [1.82, 2.24) is 0 Å². The van der Waals surface area contributed by atoms with Gasteiger partial charge < -0.3 is 0 Å². The molecule has 4 unspecified atom stereocenters. The number of carbonyl (C=O) groups excluding carboxylic acids is 2. The zero-order valence-corrected chi connectivity index (χ0v) is 12.9. The summed E-state index contributed by atoms with van der Waals surface area (Å²) < 4.78 is 0. The molecule has 0 aromatic heterocycles. The first-order valence-corrected chi connectivity index (χ1v) is 7.87. The molecule has 2 rings (SSSR count). The van der Waals surface area contributed by atoms with E-state index in [-0.39, 0.29) is 17.3 Å². The number of rotatable bonds is 2. The van der Waals surface area contributed by atoms with Crippen molar-refractivity contribution in [2.24, 2.45) is 29.1 Å². The molecule has 2 fully saturated rings. The number of Topliss-reactive ketones (excluding diaryl/α,β-unsaturated/α-hetero) is 2. The molecule has 2 aliphatic rings. The van der Waals surface area contributed by atoms with Crippen LogP contribution in [0.3, 0.4) is 0 Å². The Morgan fingerprint density at radius 1 is 0.842 bits per heavy atom. The topological polar surface area (TPSA) is 34.1 Å². The summed E-state index contributed by atoms with van der Waals surface area (Å²) >= 11 is 0. The second kappa shape index (κ2) is 5.38. The number of hydrogen-bond acceptors (Lipinski definition) is 2. The normalized spacial score (nSPS) is 37.5. The summed E-state index contributed by atoms with van der Waals surface area (Å²) in [6.45, 7) is 8.90. The fraction of sp³-hybridized carbons (Fsp3) is 0.882. The van der Waals surface area contributed by atoms with Crippen molar-refractivity contribution in [1.29, 1.82) is 0 Å². The summed E-state index contributed by atoms with van der Waals surface area (Å²) in [7, 11) is 0. The van der Waals surface area contributed by atoms with E-state index in [2.05, 4.69) is 27.7 Å². The van der Waals surface area contributed by atoms with Crippen LogP contribution < -0.4 is 0 Å². The Balaban J connectivity index is 2.05. The van der Waals surface area contributed by atoms with Crippen molar-refractivity contribution < 1.29 is 9.59 Å². The van der Waals surface area contributed by atoms with Gasteiger partial charge in [0.05, 0.1) is 0 Å². The first kappa shape index (κ1) is 14.7. The molecule has 0 radical (unpaired) electrons. The number of ketones is 2. The molecule has 0 amide bonds. The van der Waals surface area contributed by atoms with Crippen molar-refractivity contribution in [3.63, 3.8) is 0 Å². The van der Waals surface area contributed by atoms with Crippen LogP contribution in [-0.2, 0) is 9.59 Å². The predicted octanol–water partition coefficient (Wildman–Crippen LogP) is 4.02. The van der Waals surface area contributed by atoms with E-state index in [0.717, 1.165) is 38.5 Å². The van der Waals surface area contributed by atoms with E-state index in [1.807, 2.05) is 0 Å². The second-order valence-corrected chi connectivity index (χ2v) is 7.50. The summed E-state index contributed by atoms with van der Waals surface area (Å²) in [6.07, 6.45) is 5.71. The molecule has 2 nitrogen and oxygen atoms in total. The van der Waals surface area contributed by atoms with Crippen molar-refractivity contribution in [3.05, 3.63) is 0 Å². The zero-order chi connectivity index (χ0) is 14.2. The van der Waals surface area contributed by atoms with Crippen molar-refractivity contribution in [3.8, 4) is 0 Å². The van der Waals surface area contributed by atoms with E-state index < -0.39 is 0 Å². The first-order chi connectivity index (χ1) is 8.82. The Labute approximate surface area is 117 Å². The lowest BCUT2D eigenvalue weighted by atomic mass is 9.58. The lowest BCUT2D eigenvalue weighted by Crippen LogP contribution is -2.40. The molecule has 0 aliphatic heterocycles. The number of hydrogen-bond donors (Lipinski definition) is 0. The molecule has 0 spiro atoms. The molecule has 0 aromatic carbocycles. The van der Waals surface area contributed by atoms with Crippen molar-refractivity contribution in [2.45, 2.75) is 66.2 Å². The molecule has 2 heteroatoms. The van der Waals surface area contributed by atoms with Gasteiger partial charge in [0.2, 0.25) is 0 Å². The third-order valence-electron chi connectivity index (χ3n) is 5.96. The van der Waals surface area contributed by atoms with Crippen LogP contribution in [0.2, 0.25) is 0 Å². The van der Waals surface area contributed by atoms with Crippen LogP contribution >= 0.6 is 0 Å². The van der Waals surface area contributed by atoms with Crippen LogP contribution in [0.5, 0.6) is 0 Å². The largest absolute Gasteiger partial charge is 0.299 e. The Morgan fingerprint density at radius 2 is 1.21 bits per heavy atom. The van der Waals surface area contributed by atoms with E-state index in [1.165, 1.54) is 0 Å². The van der Waals surface area contributed by atoms with E-state index in [9.17, 15) is 9.59 Å². The van der Waals surface area contributed by atoms with E-state index in [4.69, 9.17) is 0 Å². The van der Waals surface area contributed by atoms with Gasteiger partial charge in [-0.1, -0.05) is 27.7 Å². The fourth-order valence-electron chi connectivity index (χ4n) is 4.16. The maximum absolute atomic E-state index is 11.7. The summed E-state index contributed by atoms with van der Waals surface area (Å²) in [5.41, 5.74) is 0.268. The lowest BCUT2D eigenvalue weighted by Gasteiger charge is -2.46. The van der Waals surface area contributed by atoms with Gasteiger partial charge in [-0.25, -0.2) is 0 Å². The molecule has 0 bridgehead atoms. The molecule has 0 saturated heterocycles. The highest BCUT2D eigenvalue weighted by atomic mass is 16.1. The summed E-state index contributed by atoms with van der Waals surface area (Å²) in [6, 6.07) is 0. The summed E-state index contributed by atoms with van der Waals surface area (Å²) in [4.78, 5) is 23.4. The van der Waals surface area contributed by atoms with Crippen LogP contribution in [0.4, 0.5) is 0 Å². The molecule has 2 saturated carbocycles. The van der Waals surface area contributed by atoms with Crippen LogP contribution in [0, 0.1) is 29.1 Å². The van der Waals surface area contributed by atoms with Gasteiger partial charge in [-0.2, -0.15) is 0 Å². The lowest BCUT2D eigenvalue weighted by molar-refractivity contribution is -0.128. The van der Waals surface area contributed by atoms with Crippen molar-refractivity contribution >= 4 is 11.6 Å². The monoisotopic (exact) mass is 264 g/mol. The standard InChI is InChI=1S/C17H28O2/c1-11-9-13(5-7-15(11)18)17(3,4)14-6-8-16(19)12(2)10-14/h11-14H,5-10H2,1-4H3. The van der Waals surface area contributed by atoms with Crippen LogP contribution in [-0.4, -0.2) is 11.6 Å². The van der Waals surface area contributed by atoms with E-state index >= 15 is 0 Å². The minimum atomic E-state index is 0.237. The highest BCUT2D eigenvalue weighted by Gasteiger charge is 2.42. The van der Waals surface area contributed by atoms with Gasteiger partial charge in [0.1, 0.15) is 11.6 Å². The Kier molecular flexibility index (Phi) is 4.17. The van der Waals surface area contributed by atoms with Gasteiger partial charge in [0, 0.05) is 24.7 Å². The summed E-state index contributed by atoms with van der Waals surface area (Å²) in [5, 5.41) is 0. The van der Waals surface area contributed by atoms with Crippen LogP contribution in [0.15, 0.2) is 0 Å². The average molecular weight is 264 g/mol. The predicted molar refractivity (Wildman–Crippen MR) is 76.8 cm³/mol.